The summed E-state index contributed by atoms with van der Waals surface area (Å²) in [5, 5.41) is 28.7. The Bertz CT molecular complexity index is 1070. The number of rotatable bonds is 6. The number of carbonyl (C=O) groups is 2. The van der Waals surface area contributed by atoms with E-state index in [1.165, 1.54) is 12.1 Å². The second-order valence-corrected chi connectivity index (χ2v) is 7.47. The molecule has 3 N–H and O–H groups in total. The Morgan fingerprint density at radius 3 is 2.45 bits per heavy atom. The van der Waals surface area contributed by atoms with Crippen LogP contribution in [0.1, 0.15) is 6.92 Å². The van der Waals surface area contributed by atoms with Gasteiger partial charge < -0.3 is 15.7 Å². The van der Waals surface area contributed by atoms with E-state index in [0.717, 1.165) is 19.1 Å². The van der Waals surface area contributed by atoms with Crippen LogP contribution in [0.5, 0.6) is 0 Å². The third kappa shape index (κ3) is 5.63. The molecule has 0 aliphatic heterocycles. The molecule has 1 aliphatic rings. The van der Waals surface area contributed by atoms with E-state index in [1.54, 1.807) is 12.1 Å². The van der Waals surface area contributed by atoms with Gasteiger partial charge in [-0.3, -0.25) is 19.6 Å². The first kappa shape index (κ1) is 22.1. The predicted octanol–water partition coefficient (Wildman–Crippen LogP) is 0.972. The standard InChI is InChI=1S/C16H14ClN4O7S/c1-9(22)15(16(23)18-12-5-3-2-4-11(12)17)20-19-13-7-6-10(29(26,27)28)8-14(13)21(24)25/h2-8,15,20H,1H3,(H2-,18,19,23,24,25,26,27,28)/q-1. The molecule has 0 aromatic heterocycles. The van der Waals surface area contributed by atoms with Gasteiger partial charge in [-0.05, 0) is 31.2 Å². The van der Waals surface area contributed by atoms with Crippen molar-refractivity contribution in [2.45, 2.75) is 13.0 Å². The fourth-order valence-electron chi connectivity index (χ4n) is 2.14. The number of para-hydroxylation sites is 1. The van der Waals surface area contributed by atoms with Crippen LogP contribution < -0.4 is 10.7 Å². The lowest BCUT2D eigenvalue weighted by molar-refractivity contribution is -0.375. The number of carbonyl (C=O) groups excluding carboxylic acids is 2. The predicted molar refractivity (Wildman–Crippen MR) is 106 cm³/mol. The van der Waals surface area contributed by atoms with Crippen LogP contribution in [-0.2, 0) is 19.7 Å². The van der Waals surface area contributed by atoms with Gasteiger partial charge in [-0.2, -0.15) is 18.4 Å². The zero-order valence-corrected chi connectivity index (χ0v) is 16.3. The van der Waals surface area contributed by atoms with Crippen molar-refractivity contribution in [3.8, 4) is 0 Å². The van der Waals surface area contributed by atoms with Gasteiger partial charge in [0.2, 0.25) is 0 Å². The molecular weight excluding hydrogens is 428 g/mol. The number of amides is 1. The molecule has 1 amide bonds. The van der Waals surface area contributed by atoms with Crippen molar-refractivity contribution in [3.05, 3.63) is 62.8 Å². The normalized spacial score (nSPS) is 16.2. The molecule has 13 heteroatoms. The first-order valence-corrected chi connectivity index (χ1v) is 9.60. The van der Waals surface area contributed by atoms with Crippen molar-refractivity contribution in [1.82, 2.24) is 5.43 Å². The molecule has 1 aliphatic carbocycles. The number of hydrogen-bond donors (Lipinski definition) is 3. The fraction of sp³-hybridized carbons (Fsp3) is 0.125. The molecular formula is C16H14ClN4O7S-. The number of ketones is 1. The molecule has 0 bridgehead atoms. The molecule has 1 atom stereocenters. The van der Waals surface area contributed by atoms with E-state index in [9.17, 15) is 28.4 Å². The quantitative estimate of drug-likeness (QED) is 0.192. The van der Waals surface area contributed by atoms with Gasteiger partial charge in [0, 0.05) is 6.08 Å². The maximum Gasteiger partial charge on any atom is 0.294 e. The van der Waals surface area contributed by atoms with Crippen LogP contribution in [0.15, 0.2) is 52.5 Å². The van der Waals surface area contributed by atoms with Crippen LogP contribution in [0, 0.1) is 10.4 Å². The lowest BCUT2D eigenvalue weighted by Gasteiger charge is -2.16. The number of halogens is 1. The SMILES string of the molecule is CC(=O)C(NN=C1C=CC(S(=O)(=O)O)=CC1=[N+]([O-])[O-])C(=O)Nc1ccccc1Cl. The summed E-state index contributed by atoms with van der Waals surface area (Å²) in [7, 11) is -4.67. The average Bonchev–Trinajstić information content (AvgIpc) is 2.62. The highest BCUT2D eigenvalue weighted by Crippen LogP contribution is 2.20. The molecule has 29 heavy (non-hydrogen) atoms. The molecule has 1 aromatic carbocycles. The monoisotopic (exact) mass is 441 g/mol. The van der Waals surface area contributed by atoms with Crippen LogP contribution in [0.25, 0.3) is 0 Å². The molecule has 154 valence electrons. The molecule has 2 rings (SSSR count). The summed E-state index contributed by atoms with van der Waals surface area (Å²) >= 11 is 5.94. The zero-order chi connectivity index (χ0) is 21.8. The summed E-state index contributed by atoms with van der Waals surface area (Å²) in [6.07, 6.45) is 2.43. The Morgan fingerprint density at radius 2 is 1.90 bits per heavy atom. The van der Waals surface area contributed by atoms with Gasteiger partial charge in [0.05, 0.1) is 10.7 Å². The van der Waals surface area contributed by atoms with Crippen LogP contribution >= 0.6 is 11.6 Å². The molecule has 0 radical (unpaired) electrons. The van der Waals surface area contributed by atoms with Crippen LogP contribution in [-0.4, -0.2) is 47.0 Å². The first-order chi connectivity index (χ1) is 13.5. The molecule has 0 saturated heterocycles. The van der Waals surface area contributed by atoms with Crippen LogP contribution in [0.4, 0.5) is 5.69 Å². The van der Waals surface area contributed by atoms with E-state index in [2.05, 4.69) is 15.8 Å². The van der Waals surface area contributed by atoms with Gasteiger partial charge >= 0.3 is 0 Å². The highest BCUT2D eigenvalue weighted by Gasteiger charge is 2.26. The number of nitrogens with zero attached hydrogens (tertiary/aromatic N) is 2. The zero-order valence-electron chi connectivity index (χ0n) is 14.7. The summed E-state index contributed by atoms with van der Waals surface area (Å²) in [5.41, 5.74) is 1.35. The number of Topliss-reactive ketones (excluding diaryl/α,β-unsaturated/α-hetero) is 1. The second kappa shape index (κ2) is 8.86. The minimum atomic E-state index is -4.67. The average molecular weight is 442 g/mol. The van der Waals surface area contributed by atoms with Crippen LogP contribution in [0.3, 0.4) is 0 Å². The summed E-state index contributed by atoms with van der Waals surface area (Å²) in [5.74, 6) is -1.46. The molecule has 1 aromatic rings. The van der Waals surface area contributed by atoms with Gasteiger partial charge in [0.15, 0.2) is 17.5 Å². The minimum Gasteiger partial charge on any atom is -0.612 e. The Kier molecular flexibility index (Phi) is 6.74. The smallest absolute Gasteiger partial charge is 0.294 e. The van der Waals surface area contributed by atoms with E-state index in [1.807, 2.05) is 0 Å². The summed E-state index contributed by atoms with van der Waals surface area (Å²) < 4.78 is 31.3. The molecule has 11 nitrogen and oxygen atoms in total. The van der Waals surface area contributed by atoms with E-state index < -0.39 is 43.4 Å². The van der Waals surface area contributed by atoms with Crippen molar-refractivity contribution in [3.63, 3.8) is 0 Å². The number of hydrazone groups is 1. The Balaban J connectivity index is 2.26. The van der Waals surface area contributed by atoms with E-state index >= 15 is 0 Å². The van der Waals surface area contributed by atoms with Crippen LogP contribution in [0.2, 0.25) is 5.02 Å². The van der Waals surface area contributed by atoms with Gasteiger partial charge in [0.1, 0.15) is 4.91 Å². The van der Waals surface area contributed by atoms with E-state index in [0.29, 0.717) is 6.08 Å². The number of hydrogen-bond acceptors (Lipinski definition) is 8. The van der Waals surface area contributed by atoms with Crippen molar-refractivity contribution >= 4 is 50.5 Å². The van der Waals surface area contributed by atoms with Gasteiger partial charge in [-0.1, -0.05) is 23.7 Å². The molecule has 0 fully saturated rings. The third-order valence-corrected chi connectivity index (χ3v) is 4.74. The number of allylic oxidation sites excluding steroid dienone is 3. The summed E-state index contributed by atoms with van der Waals surface area (Å²) in [6, 6.07) is 4.78. The highest BCUT2D eigenvalue weighted by atomic mass is 35.5. The molecule has 0 saturated carbocycles. The third-order valence-electron chi connectivity index (χ3n) is 3.56. The summed E-state index contributed by atoms with van der Waals surface area (Å²) in [4.78, 5) is 22.6. The van der Waals surface area contributed by atoms with Gasteiger partial charge in [0.25, 0.3) is 21.7 Å². The maximum absolute atomic E-state index is 12.4. The van der Waals surface area contributed by atoms with Crippen molar-refractivity contribution in [2.75, 3.05) is 5.32 Å². The van der Waals surface area contributed by atoms with Gasteiger partial charge in [-0.15, -0.1) is 0 Å². The number of anilines is 1. The highest BCUT2D eigenvalue weighted by molar-refractivity contribution is 7.90. The summed E-state index contributed by atoms with van der Waals surface area (Å²) in [6.45, 7) is 1.11. The minimum absolute atomic E-state index is 0.233. The van der Waals surface area contributed by atoms with E-state index in [-0.39, 0.29) is 16.4 Å². The maximum atomic E-state index is 12.4. The largest absolute Gasteiger partial charge is 0.612 e. The first-order valence-electron chi connectivity index (χ1n) is 7.78. The van der Waals surface area contributed by atoms with E-state index in [4.69, 9.17) is 16.2 Å². The Hall–Kier alpha value is -3.22. The topological polar surface area (TPSA) is 174 Å². The Morgan fingerprint density at radius 1 is 1.24 bits per heavy atom. The van der Waals surface area contributed by atoms with Crippen molar-refractivity contribution in [1.29, 1.82) is 0 Å². The van der Waals surface area contributed by atoms with Crippen molar-refractivity contribution in [2.24, 2.45) is 5.10 Å². The molecule has 0 spiro atoms. The van der Waals surface area contributed by atoms with Crippen molar-refractivity contribution < 1.29 is 27.5 Å². The lowest BCUT2D eigenvalue weighted by atomic mass is 10.1. The number of nitrogens with one attached hydrogen (secondary N) is 2. The van der Waals surface area contributed by atoms with Gasteiger partial charge in [-0.25, -0.2) is 0 Å². The molecule has 1 unspecified atom stereocenters. The number of benzene rings is 1. The second-order valence-electron chi connectivity index (χ2n) is 5.64. The molecule has 0 heterocycles. The lowest BCUT2D eigenvalue weighted by Crippen LogP contribution is -2.44. The Labute approximate surface area is 170 Å². The fourth-order valence-corrected chi connectivity index (χ4v) is 2.82.